The third-order valence-corrected chi connectivity index (χ3v) is 2.81. The van der Waals surface area contributed by atoms with E-state index in [1.165, 1.54) is 0 Å². The number of hydrogen-bond acceptors (Lipinski definition) is 5. The Labute approximate surface area is 109 Å². The monoisotopic (exact) mass is 252 g/mol. The van der Waals surface area contributed by atoms with Gasteiger partial charge in [0.05, 0.1) is 6.10 Å². The molecule has 1 N–H and O–H groups in total. The Morgan fingerprint density at radius 2 is 1.72 bits per heavy atom. The summed E-state index contributed by atoms with van der Waals surface area (Å²) in [7, 11) is 5.83. The van der Waals surface area contributed by atoms with Crippen LogP contribution in [0.25, 0.3) is 0 Å². The molecule has 0 aliphatic carbocycles. The van der Waals surface area contributed by atoms with Crippen LogP contribution in [-0.4, -0.2) is 53.8 Å². The van der Waals surface area contributed by atoms with Gasteiger partial charge < -0.3 is 10.0 Å². The lowest BCUT2D eigenvalue weighted by molar-refractivity contribution is 0.0837. The minimum atomic E-state index is -0.294. The standard InChI is InChI=1S/C13H24N4O/c1-10(2)12(18)9-17(5)8-11-6-14-13(15-7-11)16(3)4/h6-7,10,12,18H,8-9H2,1-5H3. The van der Waals surface area contributed by atoms with Gasteiger partial charge in [-0.15, -0.1) is 0 Å². The first-order valence-corrected chi connectivity index (χ1v) is 6.25. The molecule has 0 spiro atoms. The summed E-state index contributed by atoms with van der Waals surface area (Å²) >= 11 is 0. The summed E-state index contributed by atoms with van der Waals surface area (Å²) < 4.78 is 0. The fraction of sp³-hybridized carbons (Fsp3) is 0.692. The number of anilines is 1. The van der Waals surface area contributed by atoms with Crippen molar-refractivity contribution < 1.29 is 5.11 Å². The number of nitrogens with zero attached hydrogens (tertiary/aromatic N) is 4. The maximum atomic E-state index is 9.81. The number of aliphatic hydroxyl groups excluding tert-OH is 1. The quantitative estimate of drug-likeness (QED) is 0.818. The van der Waals surface area contributed by atoms with Crippen LogP contribution in [0.3, 0.4) is 0 Å². The average molecular weight is 252 g/mol. The number of hydrogen-bond donors (Lipinski definition) is 1. The first kappa shape index (κ1) is 14.9. The van der Waals surface area contributed by atoms with Gasteiger partial charge >= 0.3 is 0 Å². The van der Waals surface area contributed by atoms with Crippen molar-refractivity contribution in [2.45, 2.75) is 26.5 Å². The molecule has 0 bridgehead atoms. The SMILES string of the molecule is CC(C)C(O)CN(C)Cc1cnc(N(C)C)nc1. The van der Waals surface area contributed by atoms with E-state index in [1.54, 1.807) is 0 Å². The van der Waals surface area contributed by atoms with Gasteiger partial charge in [0, 0.05) is 45.1 Å². The van der Waals surface area contributed by atoms with E-state index >= 15 is 0 Å². The Bertz CT molecular complexity index is 351. The van der Waals surface area contributed by atoms with E-state index in [4.69, 9.17) is 0 Å². The fourth-order valence-corrected chi connectivity index (χ4v) is 1.57. The molecular formula is C13H24N4O. The van der Waals surface area contributed by atoms with E-state index in [1.807, 2.05) is 52.3 Å². The van der Waals surface area contributed by atoms with Gasteiger partial charge in [-0.1, -0.05) is 13.8 Å². The van der Waals surface area contributed by atoms with Gasteiger partial charge in [-0.2, -0.15) is 0 Å². The molecule has 1 atom stereocenters. The molecular weight excluding hydrogens is 228 g/mol. The van der Waals surface area contributed by atoms with Crippen LogP contribution in [-0.2, 0) is 6.54 Å². The van der Waals surface area contributed by atoms with Crippen LogP contribution in [0.2, 0.25) is 0 Å². The second-order valence-corrected chi connectivity index (χ2v) is 5.29. The van der Waals surface area contributed by atoms with E-state index in [-0.39, 0.29) is 12.0 Å². The van der Waals surface area contributed by atoms with E-state index < -0.39 is 0 Å². The Morgan fingerprint density at radius 3 is 2.17 bits per heavy atom. The number of likely N-dealkylation sites (N-methyl/N-ethyl adjacent to an activating group) is 1. The van der Waals surface area contributed by atoms with Gasteiger partial charge in [0.2, 0.25) is 5.95 Å². The van der Waals surface area contributed by atoms with Crippen LogP contribution in [0, 0.1) is 5.92 Å². The summed E-state index contributed by atoms with van der Waals surface area (Å²) in [5.74, 6) is 0.989. The highest BCUT2D eigenvalue weighted by atomic mass is 16.3. The molecule has 0 radical (unpaired) electrons. The molecule has 1 aromatic rings. The highest BCUT2D eigenvalue weighted by Gasteiger charge is 2.12. The average Bonchev–Trinajstić information content (AvgIpc) is 2.29. The second-order valence-electron chi connectivity index (χ2n) is 5.29. The van der Waals surface area contributed by atoms with Gasteiger partial charge in [0.1, 0.15) is 0 Å². The number of aromatic nitrogens is 2. The van der Waals surface area contributed by atoms with Crippen molar-refractivity contribution in [3.05, 3.63) is 18.0 Å². The van der Waals surface area contributed by atoms with Crippen LogP contribution in [0.1, 0.15) is 19.4 Å². The third kappa shape index (κ3) is 4.58. The molecule has 0 aromatic carbocycles. The molecule has 5 nitrogen and oxygen atoms in total. The highest BCUT2D eigenvalue weighted by Crippen LogP contribution is 2.08. The molecule has 1 rings (SSSR count). The third-order valence-electron chi connectivity index (χ3n) is 2.81. The Morgan fingerprint density at radius 1 is 1.17 bits per heavy atom. The van der Waals surface area contributed by atoms with Gasteiger partial charge in [0.15, 0.2) is 0 Å². The lowest BCUT2D eigenvalue weighted by Crippen LogP contribution is -2.32. The number of aliphatic hydroxyl groups is 1. The van der Waals surface area contributed by atoms with Crippen LogP contribution in [0.5, 0.6) is 0 Å². The fourth-order valence-electron chi connectivity index (χ4n) is 1.57. The number of rotatable bonds is 6. The van der Waals surface area contributed by atoms with Crippen LogP contribution >= 0.6 is 0 Å². The van der Waals surface area contributed by atoms with Crippen LogP contribution in [0.4, 0.5) is 5.95 Å². The molecule has 102 valence electrons. The minimum absolute atomic E-state index is 0.278. The molecule has 0 aliphatic heterocycles. The highest BCUT2D eigenvalue weighted by molar-refractivity contribution is 5.26. The van der Waals surface area contributed by atoms with Gasteiger partial charge in [-0.25, -0.2) is 9.97 Å². The summed E-state index contributed by atoms with van der Waals surface area (Å²) in [5.41, 5.74) is 1.05. The molecule has 1 unspecified atom stereocenters. The molecule has 0 saturated carbocycles. The summed E-state index contributed by atoms with van der Waals surface area (Å²) in [6.07, 6.45) is 3.37. The zero-order chi connectivity index (χ0) is 13.7. The summed E-state index contributed by atoms with van der Waals surface area (Å²) in [6.45, 7) is 5.45. The summed E-state index contributed by atoms with van der Waals surface area (Å²) in [6, 6.07) is 0. The van der Waals surface area contributed by atoms with Crippen molar-refractivity contribution in [3.8, 4) is 0 Å². The lowest BCUT2D eigenvalue weighted by Gasteiger charge is -2.22. The normalized spacial score (nSPS) is 13.1. The van der Waals surface area contributed by atoms with Crippen molar-refractivity contribution in [1.29, 1.82) is 0 Å². The predicted octanol–water partition coefficient (Wildman–Crippen LogP) is 0.991. The van der Waals surface area contributed by atoms with E-state index in [0.29, 0.717) is 12.5 Å². The van der Waals surface area contributed by atoms with E-state index in [2.05, 4.69) is 14.9 Å². The van der Waals surface area contributed by atoms with Gasteiger partial charge in [0.25, 0.3) is 0 Å². The molecule has 0 saturated heterocycles. The van der Waals surface area contributed by atoms with Crippen molar-refractivity contribution in [2.75, 3.05) is 32.6 Å². The van der Waals surface area contributed by atoms with E-state index in [9.17, 15) is 5.11 Å². The van der Waals surface area contributed by atoms with E-state index in [0.717, 1.165) is 12.1 Å². The zero-order valence-electron chi connectivity index (χ0n) is 12.0. The van der Waals surface area contributed by atoms with Crippen molar-refractivity contribution in [1.82, 2.24) is 14.9 Å². The van der Waals surface area contributed by atoms with Crippen LogP contribution in [0.15, 0.2) is 12.4 Å². The molecule has 0 amide bonds. The summed E-state index contributed by atoms with van der Waals surface area (Å²) in [5, 5.41) is 9.81. The van der Waals surface area contributed by atoms with Crippen molar-refractivity contribution >= 4 is 5.95 Å². The molecule has 5 heteroatoms. The molecule has 1 aromatic heterocycles. The Hall–Kier alpha value is -1.20. The first-order valence-electron chi connectivity index (χ1n) is 6.25. The van der Waals surface area contributed by atoms with Gasteiger partial charge in [-0.05, 0) is 13.0 Å². The first-order chi connectivity index (χ1) is 8.40. The van der Waals surface area contributed by atoms with Crippen molar-refractivity contribution in [2.24, 2.45) is 5.92 Å². The lowest BCUT2D eigenvalue weighted by atomic mass is 10.1. The maximum Gasteiger partial charge on any atom is 0.224 e. The maximum absolute atomic E-state index is 9.81. The second kappa shape index (κ2) is 6.66. The van der Waals surface area contributed by atoms with Crippen LogP contribution < -0.4 is 4.90 Å². The minimum Gasteiger partial charge on any atom is -0.392 e. The summed E-state index contributed by atoms with van der Waals surface area (Å²) in [4.78, 5) is 12.5. The Kier molecular flexibility index (Phi) is 5.50. The largest absolute Gasteiger partial charge is 0.392 e. The van der Waals surface area contributed by atoms with Gasteiger partial charge in [-0.3, -0.25) is 4.90 Å². The molecule has 0 fully saturated rings. The molecule has 1 heterocycles. The zero-order valence-corrected chi connectivity index (χ0v) is 12.0. The topological polar surface area (TPSA) is 52.5 Å². The molecule has 0 aliphatic rings. The smallest absolute Gasteiger partial charge is 0.224 e. The predicted molar refractivity (Wildman–Crippen MR) is 73.5 cm³/mol. The molecule has 18 heavy (non-hydrogen) atoms. The van der Waals surface area contributed by atoms with Crippen molar-refractivity contribution in [3.63, 3.8) is 0 Å². The Balaban J connectivity index is 2.51.